The Hall–Kier alpha value is -2.54. The summed E-state index contributed by atoms with van der Waals surface area (Å²) in [7, 11) is 0. The molecule has 1 heterocycles. The van der Waals surface area contributed by atoms with Gasteiger partial charge in [0.1, 0.15) is 17.3 Å². The van der Waals surface area contributed by atoms with Crippen molar-refractivity contribution in [2.45, 2.75) is 6.92 Å². The topological polar surface area (TPSA) is 98.0 Å². The van der Waals surface area contributed by atoms with Gasteiger partial charge in [0.2, 0.25) is 0 Å². The lowest BCUT2D eigenvalue weighted by Crippen LogP contribution is -2.14. The van der Waals surface area contributed by atoms with Crippen molar-refractivity contribution in [2.24, 2.45) is 0 Å². The Kier molecular flexibility index (Phi) is 3.90. The molecule has 0 saturated heterocycles. The van der Waals surface area contributed by atoms with E-state index in [-0.39, 0.29) is 16.7 Å². The normalized spacial score (nSPS) is 10.1. The van der Waals surface area contributed by atoms with Crippen LogP contribution in [0.1, 0.15) is 15.9 Å². The van der Waals surface area contributed by atoms with Gasteiger partial charge < -0.3 is 5.32 Å². The van der Waals surface area contributed by atoms with Gasteiger partial charge >= 0.3 is 0 Å². The van der Waals surface area contributed by atoms with Crippen molar-refractivity contribution in [1.82, 2.24) is 9.97 Å². The van der Waals surface area contributed by atoms with Gasteiger partial charge in [-0.15, -0.1) is 0 Å². The van der Waals surface area contributed by atoms with Crippen LogP contribution in [0.15, 0.2) is 30.6 Å². The number of nitro groups is 1. The van der Waals surface area contributed by atoms with E-state index in [0.717, 1.165) is 0 Å². The first-order valence-corrected chi connectivity index (χ1v) is 5.89. The summed E-state index contributed by atoms with van der Waals surface area (Å²) >= 11 is 5.68. The van der Waals surface area contributed by atoms with Crippen molar-refractivity contribution in [1.29, 1.82) is 0 Å². The number of aryl methyl sites for hydroxylation is 1. The zero-order valence-corrected chi connectivity index (χ0v) is 11.1. The number of amides is 1. The maximum Gasteiger partial charge on any atom is 0.269 e. The molecule has 8 heteroatoms. The molecule has 1 N–H and O–H groups in total. The Morgan fingerprint density at radius 1 is 1.35 bits per heavy atom. The number of halogens is 1. The number of rotatable bonds is 3. The van der Waals surface area contributed by atoms with E-state index >= 15 is 0 Å². The third kappa shape index (κ3) is 3.07. The average molecular weight is 293 g/mol. The van der Waals surface area contributed by atoms with Gasteiger partial charge in [0, 0.05) is 23.8 Å². The highest BCUT2D eigenvalue weighted by atomic mass is 35.5. The third-order valence-electron chi connectivity index (χ3n) is 2.54. The molecule has 2 rings (SSSR count). The molecule has 0 unspecified atom stereocenters. The molecule has 1 aromatic carbocycles. The van der Waals surface area contributed by atoms with Crippen molar-refractivity contribution in [2.75, 3.05) is 5.32 Å². The van der Waals surface area contributed by atoms with Crippen LogP contribution in [0.3, 0.4) is 0 Å². The molecule has 20 heavy (non-hydrogen) atoms. The molecule has 0 fully saturated rings. The molecule has 1 aromatic heterocycles. The molecule has 0 atom stereocenters. The number of carbonyl (C=O) groups excluding carboxylic acids is 1. The van der Waals surface area contributed by atoms with E-state index in [0.29, 0.717) is 11.1 Å². The summed E-state index contributed by atoms with van der Waals surface area (Å²) in [6.45, 7) is 1.62. The van der Waals surface area contributed by atoms with Crippen molar-refractivity contribution in [3.63, 3.8) is 0 Å². The van der Waals surface area contributed by atoms with Crippen LogP contribution in [0.25, 0.3) is 0 Å². The molecular weight excluding hydrogens is 284 g/mol. The quantitative estimate of drug-likeness (QED) is 0.532. The van der Waals surface area contributed by atoms with Crippen LogP contribution in [0.4, 0.5) is 11.5 Å². The summed E-state index contributed by atoms with van der Waals surface area (Å²) in [5, 5.41) is 13.4. The van der Waals surface area contributed by atoms with Gasteiger partial charge in [-0.2, -0.15) is 0 Å². The Balaban J connectivity index is 2.23. The van der Waals surface area contributed by atoms with Crippen LogP contribution in [0.2, 0.25) is 5.15 Å². The van der Waals surface area contributed by atoms with Gasteiger partial charge in [-0.3, -0.25) is 14.9 Å². The smallest absolute Gasteiger partial charge is 0.269 e. The molecule has 2 aromatic rings. The Labute approximate surface area is 118 Å². The average Bonchev–Trinajstić information content (AvgIpc) is 2.38. The van der Waals surface area contributed by atoms with Gasteiger partial charge in [-0.1, -0.05) is 11.6 Å². The maximum atomic E-state index is 12.0. The van der Waals surface area contributed by atoms with E-state index in [1.807, 2.05) is 0 Å². The first-order chi connectivity index (χ1) is 9.47. The van der Waals surface area contributed by atoms with Crippen molar-refractivity contribution in [3.8, 4) is 0 Å². The molecule has 0 spiro atoms. The molecule has 1 amide bonds. The van der Waals surface area contributed by atoms with Crippen LogP contribution >= 0.6 is 11.6 Å². The van der Waals surface area contributed by atoms with Crippen LogP contribution in [0, 0.1) is 17.0 Å². The summed E-state index contributed by atoms with van der Waals surface area (Å²) in [6.07, 6.45) is 1.22. The van der Waals surface area contributed by atoms with Crippen molar-refractivity contribution in [3.05, 3.63) is 57.0 Å². The SMILES string of the molecule is Cc1cc([N+](=O)[O-])ccc1C(=O)Nc1cc(Cl)ncn1. The van der Waals surface area contributed by atoms with E-state index in [2.05, 4.69) is 15.3 Å². The number of anilines is 1. The van der Waals surface area contributed by atoms with E-state index in [1.165, 1.54) is 30.6 Å². The lowest BCUT2D eigenvalue weighted by Gasteiger charge is -2.06. The molecule has 0 radical (unpaired) electrons. The number of aromatic nitrogens is 2. The highest BCUT2D eigenvalue weighted by molar-refractivity contribution is 6.29. The van der Waals surface area contributed by atoms with Crippen molar-refractivity contribution < 1.29 is 9.72 Å². The number of carbonyl (C=O) groups is 1. The lowest BCUT2D eigenvalue weighted by atomic mass is 10.1. The lowest BCUT2D eigenvalue weighted by molar-refractivity contribution is -0.384. The van der Waals surface area contributed by atoms with E-state index in [9.17, 15) is 14.9 Å². The second kappa shape index (κ2) is 5.62. The van der Waals surface area contributed by atoms with E-state index in [4.69, 9.17) is 11.6 Å². The number of nitrogens with zero attached hydrogens (tertiary/aromatic N) is 3. The second-order valence-electron chi connectivity index (χ2n) is 3.94. The fourth-order valence-corrected chi connectivity index (χ4v) is 1.75. The minimum Gasteiger partial charge on any atom is -0.306 e. The van der Waals surface area contributed by atoms with Gasteiger partial charge in [0.05, 0.1) is 4.92 Å². The van der Waals surface area contributed by atoms with E-state index in [1.54, 1.807) is 6.92 Å². The molecule has 0 bridgehead atoms. The fourth-order valence-electron chi connectivity index (χ4n) is 1.60. The predicted octanol–water partition coefficient (Wildman–Crippen LogP) is 2.60. The molecule has 102 valence electrons. The summed E-state index contributed by atoms with van der Waals surface area (Å²) in [5.74, 6) is -0.167. The summed E-state index contributed by atoms with van der Waals surface area (Å²) < 4.78 is 0. The first kappa shape index (κ1) is 13.9. The van der Waals surface area contributed by atoms with Crippen LogP contribution < -0.4 is 5.32 Å². The number of benzene rings is 1. The zero-order valence-electron chi connectivity index (χ0n) is 10.3. The highest BCUT2D eigenvalue weighted by Gasteiger charge is 2.14. The number of hydrogen-bond donors (Lipinski definition) is 1. The molecule has 0 aliphatic carbocycles. The molecule has 0 aliphatic rings. The largest absolute Gasteiger partial charge is 0.306 e. The van der Waals surface area contributed by atoms with Gasteiger partial charge in [-0.25, -0.2) is 9.97 Å². The Morgan fingerprint density at radius 2 is 2.10 bits per heavy atom. The number of hydrogen-bond acceptors (Lipinski definition) is 5. The monoisotopic (exact) mass is 292 g/mol. The zero-order chi connectivity index (χ0) is 14.7. The first-order valence-electron chi connectivity index (χ1n) is 5.51. The second-order valence-corrected chi connectivity index (χ2v) is 4.32. The van der Waals surface area contributed by atoms with Crippen LogP contribution in [-0.2, 0) is 0 Å². The van der Waals surface area contributed by atoms with Gasteiger partial charge in [-0.05, 0) is 18.6 Å². The number of nitrogens with one attached hydrogen (secondary N) is 1. The van der Waals surface area contributed by atoms with Crippen LogP contribution in [-0.4, -0.2) is 20.8 Å². The third-order valence-corrected chi connectivity index (χ3v) is 2.75. The van der Waals surface area contributed by atoms with Gasteiger partial charge in [0.25, 0.3) is 11.6 Å². The maximum absolute atomic E-state index is 12.0. The van der Waals surface area contributed by atoms with E-state index < -0.39 is 10.8 Å². The van der Waals surface area contributed by atoms with Crippen LogP contribution in [0.5, 0.6) is 0 Å². The molecule has 0 aliphatic heterocycles. The fraction of sp³-hybridized carbons (Fsp3) is 0.0833. The highest BCUT2D eigenvalue weighted by Crippen LogP contribution is 2.18. The minimum atomic E-state index is -0.515. The molecule has 0 saturated carbocycles. The molecular formula is C12H9ClN4O3. The molecule has 7 nitrogen and oxygen atoms in total. The number of non-ortho nitro benzene ring substituents is 1. The van der Waals surface area contributed by atoms with Crippen molar-refractivity contribution >= 4 is 29.0 Å². The minimum absolute atomic E-state index is 0.0656. The Bertz CT molecular complexity index is 690. The Morgan fingerprint density at radius 3 is 2.70 bits per heavy atom. The summed E-state index contributed by atoms with van der Waals surface area (Å²) in [6, 6.07) is 5.41. The number of nitro benzene ring substituents is 1. The predicted molar refractivity (Wildman–Crippen MR) is 72.8 cm³/mol. The van der Waals surface area contributed by atoms with Gasteiger partial charge in [0.15, 0.2) is 0 Å². The summed E-state index contributed by atoms with van der Waals surface area (Å²) in [5.41, 5.74) is 0.756. The summed E-state index contributed by atoms with van der Waals surface area (Å²) in [4.78, 5) is 29.7. The standard InChI is InChI=1S/C12H9ClN4O3/c1-7-4-8(17(19)20)2-3-9(7)12(18)16-11-5-10(13)14-6-15-11/h2-6H,1H3,(H,14,15,16,18).